The summed E-state index contributed by atoms with van der Waals surface area (Å²) in [4.78, 5) is 35.3. The van der Waals surface area contributed by atoms with Crippen LogP contribution in [0, 0.1) is 0 Å². The van der Waals surface area contributed by atoms with Crippen molar-refractivity contribution < 1.29 is 19.1 Å². The Balaban J connectivity index is 2.47. The molecule has 0 aliphatic rings. The number of benzene rings is 1. The third-order valence-corrected chi connectivity index (χ3v) is 3.45. The highest BCUT2D eigenvalue weighted by molar-refractivity contribution is 5.94. The third kappa shape index (κ3) is 6.40. The van der Waals surface area contributed by atoms with Crippen molar-refractivity contribution in [3.8, 4) is 0 Å². The van der Waals surface area contributed by atoms with Crippen LogP contribution in [-0.4, -0.2) is 30.4 Å². The summed E-state index contributed by atoms with van der Waals surface area (Å²) in [7, 11) is 0. The van der Waals surface area contributed by atoms with Crippen LogP contribution in [0.25, 0.3) is 0 Å². The number of anilines is 1. The molecule has 0 saturated carbocycles. The molecule has 0 heterocycles. The average Bonchev–Trinajstić information content (AvgIpc) is 2.53. The second kappa shape index (κ2) is 9.70. The lowest BCUT2D eigenvalue weighted by Crippen LogP contribution is -2.39. The summed E-state index contributed by atoms with van der Waals surface area (Å²) in [6.07, 6.45) is 0.0627. The molecule has 24 heavy (non-hydrogen) atoms. The maximum absolute atomic E-state index is 12.0. The number of nitrogens with one attached hydrogen (secondary N) is 2. The summed E-state index contributed by atoms with van der Waals surface area (Å²) in [5, 5.41) is 5.35. The summed E-state index contributed by atoms with van der Waals surface area (Å²) < 4.78 is 4.81. The molecule has 0 aliphatic heterocycles. The predicted molar refractivity (Wildman–Crippen MR) is 92.6 cm³/mol. The maximum Gasteiger partial charge on any atom is 0.328 e. The first-order valence-corrected chi connectivity index (χ1v) is 8.19. The van der Waals surface area contributed by atoms with E-state index in [9.17, 15) is 14.4 Å². The Kier molecular flexibility index (Phi) is 7.95. The van der Waals surface area contributed by atoms with Gasteiger partial charge in [-0.2, -0.15) is 0 Å². The number of esters is 1. The standard InChI is InChI=1S/C18H26N2O4/c1-5-24-18(23)13(4)19-16(21)10-11-17(22)20-15-9-7-6-8-14(15)12(2)3/h6-9,12-13H,5,10-11H2,1-4H3,(H,19,21)(H,20,22)/t13-/m1/s1. The first-order valence-electron chi connectivity index (χ1n) is 8.19. The normalized spacial score (nSPS) is 11.7. The van der Waals surface area contributed by atoms with E-state index in [-0.39, 0.29) is 37.2 Å². The molecule has 0 aliphatic carbocycles. The lowest BCUT2D eigenvalue weighted by molar-refractivity contribution is -0.146. The Labute approximate surface area is 143 Å². The Morgan fingerprint density at radius 3 is 2.29 bits per heavy atom. The van der Waals surface area contributed by atoms with Crippen LogP contribution in [0.4, 0.5) is 5.69 Å². The van der Waals surface area contributed by atoms with Crippen molar-refractivity contribution in [3.05, 3.63) is 29.8 Å². The van der Waals surface area contributed by atoms with E-state index in [1.54, 1.807) is 13.8 Å². The molecular weight excluding hydrogens is 308 g/mol. The molecule has 0 saturated heterocycles. The molecule has 0 radical (unpaired) electrons. The molecule has 0 bridgehead atoms. The Morgan fingerprint density at radius 1 is 1.04 bits per heavy atom. The van der Waals surface area contributed by atoms with Crippen LogP contribution in [0.1, 0.15) is 52.0 Å². The fraction of sp³-hybridized carbons (Fsp3) is 0.500. The predicted octanol–water partition coefficient (Wildman–Crippen LogP) is 2.60. The van der Waals surface area contributed by atoms with Crippen molar-refractivity contribution in [2.75, 3.05) is 11.9 Å². The van der Waals surface area contributed by atoms with Gasteiger partial charge >= 0.3 is 5.97 Å². The SMILES string of the molecule is CCOC(=O)[C@@H](C)NC(=O)CCC(=O)Nc1ccccc1C(C)C. The van der Waals surface area contributed by atoms with Crippen molar-refractivity contribution >= 4 is 23.5 Å². The molecule has 132 valence electrons. The van der Waals surface area contributed by atoms with Crippen LogP contribution in [-0.2, 0) is 19.1 Å². The quantitative estimate of drug-likeness (QED) is 0.716. The number of hydrogen-bond acceptors (Lipinski definition) is 4. The Hall–Kier alpha value is -2.37. The third-order valence-electron chi connectivity index (χ3n) is 3.45. The highest BCUT2D eigenvalue weighted by Gasteiger charge is 2.17. The first-order chi connectivity index (χ1) is 11.3. The van der Waals surface area contributed by atoms with Gasteiger partial charge in [-0.1, -0.05) is 32.0 Å². The Morgan fingerprint density at radius 2 is 1.67 bits per heavy atom. The maximum atomic E-state index is 12.0. The van der Waals surface area contributed by atoms with Crippen molar-refractivity contribution in [3.63, 3.8) is 0 Å². The summed E-state index contributed by atoms with van der Waals surface area (Å²) >= 11 is 0. The molecule has 2 amide bonds. The molecule has 1 atom stereocenters. The topological polar surface area (TPSA) is 84.5 Å². The van der Waals surface area contributed by atoms with Gasteiger partial charge in [0.1, 0.15) is 6.04 Å². The second-order valence-corrected chi connectivity index (χ2v) is 5.83. The smallest absolute Gasteiger partial charge is 0.328 e. The van der Waals surface area contributed by atoms with Crippen LogP contribution < -0.4 is 10.6 Å². The van der Waals surface area contributed by atoms with Gasteiger partial charge in [0, 0.05) is 18.5 Å². The number of rotatable bonds is 8. The van der Waals surface area contributed by atoms with Crippen LogP contribution in [0.2, 0.25) is 0 Å². The van der Waals surface area contributed by atoms with Gasteiger partial charge in [0.15, 0.2) is 0 Å². The molecule has 0 spiro atoms. The largest absolute Gasteiger partial charge is 0.464 e. The summed E-state index contributed by atoms with van der Waals surface area (Å²) in [5.74, 6) is -0.790. The van der Waals surface area contributed by atoms with E-state index in [1.807, 2.05) is 24.3 Å². The van der Waals surface area contributed by atoms with Crippen molar-refractivity contribution in [2.45, 2.75) is 52.5 Å². The number of para-hydroxylation sites is 1. The van der Waals surface area contributed by atoms with Gasteiger partial charge in [-0.15, -0.1) is 0 Å². The average molecular weight is 334 g/mol. The molecule has 6 heteroatoms. The highest BCUT2D eigenvalue weighted by Crippen LogP contribution is 2.23. The van der Waals surface area contributed by atoms with Crippen molar-refractivity contribution in [2.24, 2.45) is 0 Å². The first kappa shape index (κ1) is 19.7. The number of amides is 2. The van der Waals surface area contributed by atoms with Gasteiger partial charge in [0.25, 0.3) is 0 Å². The van der Waals surface area contributed by atoms with E-state index in [0.29, 0.717) is 0 Å². The zero-order valence-corrected chi connectivity index (χ0v) is 14.7. The number of hydrogen-bond donors (Lipinski definition) is 2. The van der Waals surface area contributed by atoms with E-state index in [4.69, 9.17) is 4.74 Å². The van der Waals surface area contributed by atoms with E-state index in [2.05, 4.69) is 24.5 Å². The molecular formula is C18H26N2O4. The molecule has 1 aromatic rings. The zero-order valence-electron chi connectivity index (χ0n) is 14.7. The van der Waals surface area contributed by atoms with E-state index in [0.717, 1.165) is 11.3 Å². The number of carbonyl (C=O) groups is 3. The minimum absolute atomic E-state index is 0.0133. The monoisotopic (exact) mass is 334 g/mol. The number of carbonyl (C=O) groups excluding carboxylic acids is 3. The molecule has 0 unspecified atom stereocenters. The van der Waals surface area contributed by atoms with Gasteiger partial charge < -0.3 is 15.4 Å². The summed E-state index contributed by atoms with van der Waals surface area (Å²) in [5.41, 5.74) is 1.81. The minimum atomic E-state index is -0.720. The van der Waals surface area contributed by atoms with Crippen LogP contribution in [0.5, 0.6) is 0 Å². The lowest BCUT2D eigenvalue weighted by Gasteiger charge is -2.14. The van der Waals surface area contributed by atoms with Crippen molar-refractivity contribution in [1.82, 2.24) is 5.32 Å². The van der Waals surface area contributed by atoms with E-state index in [1.165, 1.54) is 0 Å². The zero-order chi connectivity index (χ0) is 18.1. The van der Waals surface area contributed by atoms with E-state index < -0.39 is 12.0 Å². The minimum Gasteiger partial charge on any atom is -0.464 e. The van der Waals surface area contributed by atoms with Gasteiger partial charge in [-0.3, -0.25) is 9.59 Å². The highest BCUT2D eigenvalue weighted by atomic mass is 16.5. The van der Waals surface area contributed by atoms with Crippen LogP contribution in [0.15, 0.2) is 24.3 Å². The molecule has 0 fully saturated rings. The van der Waals surface area contributed by atoms with Crippen LogP contribution in [0.3, 0.4) is 0 Å². The molecule has 0 aromatic heterocycles. The molecule has 1 aromatic carbocycles. The molecule has 1 rings (SSSR count). The number of ether oxygens (including phenoxy) is 1. The van der Waals surface area contributed by atoms with Crippen LogP contribution >= 0.6 is 0 Å². The fourth-order valence-electron chi connectivity index (χ4n) is 2.19. The van der Waals surface area contributed by atoms with E-state index >= 15 is 0 Å². The fourth-order valence-corrected chi connectivity index (χ4v) is 2.19. The van der Waals surface area contributed by atoms with Gasteiger partial charge in [-0.05, 0) is 31.4 Å². The second-order valence-electron chi connectivity index (χ2n) is 5.83. The lowest BCUT2D eigenvalue weighted by atomic mass is 10.0. The Bertz CT molecular complexity index is 584. The van der Waals surface area contributed by atoms with Crippen molar-refractivity contribution in [1.29, 1.82) is 0 Å². The van der Waals surface area contributed by atoms with Gasteiger partial charge in [-0.25, -0.2) is 4.79 Å². The molecule has 6 nitrogen and oxygen atoms in total. The summed E-state index contributed by atoms with van der Waals surface area (Å²) in [6.45, 7) is 7.61. The van der Waals surface area contributed by atoms with Gasteiger partial charge in [0.05, 0.1) is 6.61 Å². The summed E-state index contributed by atoms with van der Waals surface area (Å²) in [6, 6.07) is 6.87. The van der Waals surface area contributed by atoms with Gasteiger partial charge in [0.2, 0.25) is 11.8 Å². The molecule has 2 N–H and O–H groups in total.